The Labute approximate surface area is 203 Å². The van der Waals surface area contributed by atoms with E-state index in [1.165, 1.54) is 17.4 Å². The monoisotopic (exact) mass is 480 g/mol. The van der Waals surface area contributed by atoms with E-state index in [2.05, 4.69) is 4.98 Å². The van der Waals surface area contributed by atoms with E-state index in [9.17, 15) is 9.18 Å². The highest BCUT2D eigenvalue weighted by Crippen LogP contribution is 2.23. The molecule has 0 saturated heterocycles. The molecule has 7 heteroatoms. The summed E-state index contributed by atoms with van der Waals surface area (Å²) in [4.78, 5) is 16.4. The Balaban J connectivity index is 1.57. The third-order valence-electron chi connectivity index (χ3n) is 5.01. The van der Waals surface area contributed by atoms with Crippen molar-refractivity contribution in [3.8, 4) is 5.75 Å². The van der Waals surface area contributed by atoms with E-state index in [1.54, 1.807) is 38.1 Å². The molecular formula is C27H29FN2O3S. The second-order valence-electron chi connectivity index (χ2n) is 7.88. The first kappa shape index (κ1) is 25.3. The maximum Gasteiger partial charge on any atom is 0.333 e. The van der Waals surface area contributed by atoms with Crippen LogP contribution >= 0.6 is 11.3 Å². The Kier molecular flexibility index (Phi) is 9.13. The zero-order valence-electron chi connectivity index (χ0n) is 19.6. The number of nitrogens with two attached hydrogens (primary N) is 1. The van der Waals surface area contributed by atoms with Gasteiger partial charge < -0.3 is 15.2 Å². The maximum absolute atomic E-state index is 13.7. The lowest BCUT2D eigenvalue weighted by molar-refractivity contribution is -0.138. The van der Waals surface area contributed by atoms with E-state index < -0.39 is 0 Å². The highest BCUT2D eigenvalue weighted by molar-refractivity contribution is 7.09. The molecule has 1 atom stereocenters. The molecule has 0 bridgehead atoms. The van der Waals surface area contributed by atoms with Crippen LogP contribution in [0.2, 0.25) is 0 Å². The van der Waals surface area contributed by atoms with Gasteiger partial charge in [-0.05, 0) is 68.7 Å². The number of aromatic nitrogens is 1. The van der Waals surface area contributed by atoms with Crippen molar-refractivity contribution in [2.24, 2.45) is 5.73 Å². The lowest BCUT2D eigenvalue weighted by atomic mass is 10.1. The number of nitrogens with zero attached hydrogens (tertiary/aromatic N) is 1. The Morgan fingerprint density at radius 3 is 2.62 bits per heavy atom. The van der Waals surface area contributed by atoms with Gasteiger partial charge in [0, 0.05) is 16.5 Å². The topological polar surface area (TPSA) is 74.4 Å². The van der Waals surface area contributed by atoms with Crippen LogP contribution in [0, 0.1) is 5.82 Å². The van der Waals surface area contributed by atoms with Crippen LogP contribution in [0.5, 0.6) is 5.75 Å². The molecule has 0 aliphatic carbocycles. The van der Waals surface area contributed by atoms with Crippen molar-refractivity contribution >= 4 is 23.4 Å². The van der Waals surface area contributed by atoms with Gasteiger partial charge in [-0.15, -0.1) is 11.3 Å². The van der Waals surface area contributed by atoms with Gasteiger partial charge in [0.1, 0.15) is 23.2 Å². The van der Waals surface area contributed by atoms with Gasteiger partial charge in [-0.1, -0.05) is 30.3 Å². The van der Waals surface area contributed by atoms with E-state index in [0.29, 0.717) is 29.9 Å². The summed E-state index contributed by atoms with van der Waals surface area (Å²) in [7, 11) is 0. The standard InChI is InChI=1S/C27H29FN2O3S/c1-4-32-27(31)19(3)13-18(2)14-22-17-34-26(30-22)25(29)15-20-9-11-23(12-10-20)33-16-21-7-5-6-8-24(21)28/h5-14,17,25H,4,15-16,29H2,1-3H3/b18-14+,19-13-. The minimum absolute atomic E-state index is 0.175. The molecule has 3 aromatic rings. The average Bonchev–Trinajstić information content (AvgIpc) is 3.28. The van der Waals surface area contributed by atoms with Gasteiger partial charge in [0.2, 0.25) is 0 Å². The number of halogens is 1. The number of carbonyl (C=O) groups excluding carboxylic acids is 1. The van der Waals surface area contributed by atoms with Crippen molar-refractivity contribution in [1.29, 1.82) is 0 Å². The van der Waals surface area contributed by atoms with E-state index in [1.807, 2.05) is 42.6 Å². The number of esters is 1. The first-order valence-electron chi connectivity index (χ1n) is 11.1. The molecule has 0 radical (unpaired) electrons. The number of carbonyl (C=O) groups is 1. The SMILES string of the molecule is CCOC(=O)/C(C)=C\C(C)=C\c1csc(C(N)Cc2ccc(OCc3ccccc3F)cc2)n1. The molecule has 1 unspecified atom stereocenters. The van der Waals surface area contributed by atoms with Gasteiger partial charge in [0.15, 0.2) is 0 Å². The normalized spacial score (nSPS) is 13.0. The summed E-state index contributed by atoms with van der Waals surface area (Å²) in [5.74, 6) is 0.0758. The molecule has 178 valence electrons. The largest absolute Gasteiger partial charge is 0.489 e. The third-order valence-corrected chi connectivity index (χ3v) is 6.00. The quantitative estimate of drug-likeness (QED) is 0.218. The number of rotatable bonds is 10. The van der Waals surface area contributed by atoms with E-state index in [4.69, 9.17) is 15.2 Å². The summed E-state index contributed by atoms with van der Waals surface area (Å²) in [6.07, 6.45) is 4.33. The van der Waals surface area contributed by atoms with Crippen molar-refractivity contribution in [2.75, 3.05) is 6.61 Å². The van der Waals surface area contributed by atoms with E-state index in [0.717, 1.165) is 21.8 Å². The van der Waals surface area contributed by atoms with Crippen LogP contribution in [0.15, 0.2) is 71.1 Å². The van der Waals surface area contributed by atoms with Crippen LogP contribution in [0.4, 0.5) is 4.39 Å². The Morgan fingerprint density at radius 1 is 1.18 bits per heavy atom. The zero-order valence-corrected chi connectivity index (χ0v) is 20.4. The molecule has 0 aliphatic rings. The van der Waals surface area contributed by atoms with Crippen molar-refractivity contribution < 1.29 is 18.7 Å². The fourth-order valence-electron chi connectivity index (χ4n) is 3.30. The van der Waals surface area contributed by atoms with Gasteiger partial charge in [-0.25, -0.2) is 14.2 Å². The molecular weight excluding hydrogens is 451 g/mol. The van der Waals surface area contributed by atoms with Crippen LogP contribution in [0.25, 0.3) is 6.08 Å². The number of benzene rings is 2. The van der Waals surface area contributed by atoms with Gasteiger partial charge >= 0.3 is 5.97 Å². The lowest BCUT2D eigenvalue weighted by Gasteiger charge is -2.10. The van der Waals surface area contributed by atoms with E-state index >= 15 is 0 Å². The molecule has 0 amide bonds. The summed E-state index contributed by atoms with van der Waals surface area (Å²) >= 11 is 1.51. The molecule has 1 heterocycles. The second-order valence-corrected chi connectivity index (χ2v) is 8.77. The molecule has 0 fully saturated rings. The van der Waals surface area contributed by atoms with Gasteiger partial charge in [0.25, 0.3) is 0 Å². The summed E-state index contributed by atoms with van der Waals surface area (Å²) in [5, 5.41) is 2.79. The average molecular weight is 481 g/mol. The van der Waals surface area contributed by atoms with Crippen LogP contribution in [0.1, 0.15) is 48.6 Å². The number of ether oxygens (including phenoxy) is 2. The van der Waals surface area contributed by atoms with Crippen LogP contribution < -0.4 is 10.5 Å². The summed E-state index contributed by atoms with van der Waals surface area (Å²) in [5.41, 5.74) is 10.2. The molecule has 3 rings (SSSR count). The maximum atomic E-state index is 13.7. The Morgan fingerprint density at radius 2 is 1.91 bits per heavy atom. The Bertz CT molecular complexity index is 1170. The lowest BCUT2D eigenvalue weighted by Crippen LogP contribution is -2.13. The molecule has 0 aliphatic heterocycles. The second kappa shape index (κ2) is 12.3. The van der Waals surface area contributed by atoms with Crippen molar-refractivity contribution in [2.45, 2.75) is 39.8 Å². The number of thiazole rings is 1. The van der Waals surface area contributed by atoms with Crippen LogP contribution in [0.3, 0.4) is 0 Å². The summed E-state index contributed by atoms with van der Waals surface area (Å²) < 4.78 is 24.4. The molecule has 0 spiro atoms. The first-order valence-corrected chi connectivity index (χ1v) is 11.9. The first-order chi connectivity index (χ1) is 16.4. The third kappa shape index (κ3) is 7.37. The highest BCUT2D eigenvalue weighted by atomic mass is 32.1. The zero-order chi connectivity index (χ0) is 24.5. The van der Waals surface area contributed by atoms with Gasteiger partial charge in [-0.3, -0.25) is 0 Å². The molecule has 2 N–H and O–H groups in total. The van der Waals surface area contributed by atoms with Gasteiger partial charge in [0.05, 0.1) is 18.3 Å². The fraction of sp³-hybridized carbons (Fsp3) is 0.259. The minimum Gasteiger partial charge on any atom is -0.489 e. The molecule has 5 nitrogen and oxygen atoms in total. The smallest absolute Gasteiger partial charge is 0.333 e. The van der Waals surface area contributed by atoms with Crippen LogP contribution in [-0.2, 0) is 22.6 Å². The van der Waals surface area contributed by atoms with Crippen molar-refractivity contribution in [1.82, 2.24) is 4.98 Å². The molecule has 0 saturated carbocycles. The highest BCUT2D eigenvalue weighted by Gasteiger charge is 2.12. The number of hydrogen-bond donors (Lipinski definition) is 1. The summed E-state index contributed by atoms with van der Waals surface area (Å²) in [6, 6.07) is 14.0. The molecule has 1 aromatic heterocycles. The molecule has 34 heavy (non-hydrogen) atoms. The fourth-order valence-corrected chi connectivity index (χ4v) is 4.08. The summed E-state index contributed by atoms with van der Waals surface area (Å²) in [6.45, 7) is 5.95. The van der Waals surface area contributed by atoms with Crippen molar-refractivity contribution in [3.63, 3.8) is 0 Å². The van der Waals surface area contributed by atoms with E-state index in [-0.39, 0.29) is 24.4 Å². The predicted octanol–water partition coefficient (Wildman–Crippen LogP) is 6.02. The van der Waals surface area contributed by atoms with Crippen LogP contribution in [-0.4, -0.2) is 17.6 Å². The Hall–Kier alpha value is -3.29. The minimum atomic E-state index is -0.320. The number of allylic oxidation sites excluding steroid dienone is 2. The van der Waals surface area contributed by atoms with Gasteiger partial charge in [-0.2, -0.15) is 0 Å². The predicted molar refractivity (Wildman–Crippen MR) is 134 cm³/mol. The number of hydrogen-bond acceptors (Lipinski definition) is 6. The molecule has 2 aromatic carbocycles. The van der Waals surface area contributed by atoms with Crippen molar-refractivity contribution in [3.05, 3.63) is 98.8 Å².